The quantitative estimate of drug-likeness (QED) is 0.541. The lowest BCUT2D eigenvalue weighted by molar-refractivity contribution is 1.34. The van der Waals surface area contributed by atoms with Crippen molar-refractivity contribution in [3.8, 4) is 0 Å². The van der Waals surface area contributed by atoms with Crippen LogP contribution < -0.4 is 10.6 Å². The molecule has 0 amide bonds. The highest BCUT2D eigenvalue weighted by atomic mass is 31.1. The van der Waals surface area contributed by atoms with Gasteiger partial charge in [-0.25, -0.2) is 0 Å². The molecule has 2 aromatic rings. The summed E-state index contributed by atoms with van der Waals surface area (Å²) in [7, 11) is -0.377. The number of aryl methyl sites for hydroxylation is 6. The van der Waals surface area contributed by atoms with Crippen molar-refractivity contribution >= 4 is 18.5 Å². The lowest BCUT2D eigenvalue weighted by atomic mass is 10.1. The van der Waals surface area contributed by atoms with Crippen molar-refractivity contribution < 1.29 is 0 Å². The Kier molecular flexibility index (Phi) is 5.24. The molecule has 0 aliphatic heterocycles. The first-order valence-electron chi connectivity index (χ1n) is 7.89. The monoisotopic (exact) mass is 310 g/mol. The first kappa shape index (κ1) is 17.0. The summed E-state index contributed by atoms with van der Waals surface area (Å²) < 4.78 is 0. The second-order valence-electron chi connectivity index (χ2n) is 6.39. The molecule has 0 aliphatic rings. The van der Waals surface area contributed by atoms with E-state index in [1.165, 1.54) is 44.0 Å². The first-order chi connectivity index (χ1) is 10.3. The van der Waals surface area contributed by atoms with E-state index in [0.29, 0.717) is 0 Å². The van der Waals surface area contributed by atoms with Crippen LogP contribution in [-0.2, 0) is 0 Å². The average Bonchev–Trinajstić information content (AvgIpc) is 2.36. The Bertz CT molecular complexity index is 606. The average molecular weight is 310 g/mol. The van der Waals surface area contributed by atoms with Gasteiger partial charge in [-0.1, -0.05) is 41.5 Å². The van der Waals surface area contributed by atoms with Gasteiger partial charge in [-0.2, -0.15) is 0 Å². The third-order valence-corrected chi connectivity index (χ3v) is 7.24. The number of rotatable bonds is 4. The Morgan fingerprint density at radius 2 is 1.05 bits per heavy atom. The SMILES string of the molecule is C=CCP(c1c(C)cc(C)cc1C)c1c(C)cc(C)cc1C. The van der Waals surface area contributed by atoms with E-state index in [0.717, 1.165) is 6.16 Å². The molecule has 0 N–H and O–H groups in total. The predicted octanol–water partition coefficient (Wildman–Crippen LogP) is 5.16. The van der Waals surface area contributed by atoms with Gasteiger partial charge in [0.25, 0.3) is 0 Å². The van der Waals surface area contributed by atoms with Crippen molar-refractivity contribution in [1.29, 1.82) is 0 Å². The molecule has 2 aromatic carbocycles. The van der Waals surface area contributed by atoms with E-state index in [1.54, 1.807) is 0 Å². The van der Waals surface area contributed by atoms with Crippen LogP contribution in [0.5, 0.6) is 0 Å². The van der Waals surface area contributed by atoms with Crippen molar-refractivity contribution in [3.05, 3.63) is 70.3 Å². The highest BCUT2D eigenvalue weighted by Crippen LogP contribution is 2.39. The summed E-state index contributed by atoms with van der Waals surface area (Å²) in [6, 6.07) is 9.28. The minimum Gasteiger partial charge on any atom is -0.103 e. The van der Waals surface area contributed by atoms with Crippen LogP contribution in [0.1, 0.15) is 33.4 Å². The standard InChI is InChI=1S/C21H27P/c1-8-9-22(20-16(4)10-14(2)11-17(20)5)21-18(6)12-15(3)13-19(21)7/h8,10-13H,1,9H2,2-7H3. The Morgan fingerprint density at radius 1 is 0.727 bits per heavy atom. The molecule has 0 nitrogen and oxygen atoms in total. The summed E-state index contributed by atoms with van der Waals surface area (Å²) >= 11 is 0. The van der Waals surface area contributed by atoms with Crippen molar-refractivity contribution in [2.45, 2.75) is 41.5 Å². The largest absolute Gasteiger partial charge is 0.103 e. The molecule has 0 spiro atoms. The zero-order chi connectivity index (χ0) is 16.4. The molecule has 0 aromatic heterocycles. The zero-order valence-corrected chi connectivity index (χ0v) is 15.6. The van der Waals surface area contributed by atoms with E-state index in [-0.39, 0.29) is 7.92 Å². The Morgan fingerprint density at radius 3 is 1.32 bits per heavy atom. The topological polar surface area (TPSA) is 0 Å². The van der Waals surface area contributed by atoms with Gasteiger partial charge in [0.05, 0.1) is 0 Å². The Balaban J connectivity index is 2.69. The number of hydrogen-bond donors (Lipinski definition) is 0. The van der Waals surface area contributed by atoms with Crippen molar-refractivity contribution in [2.24, 2.45) is 0 Å². The van der Waals surface area contributed by atoms with Crippen LogP contribution in [0.2, 0.25) is 0 Å². The Hall–Kier alpha value is -1.39. The van der Waals surface area contributed by atoms with Gasteiger partial charge in [0.1, 0.15) is 0 Å². The van der Waals surface area contributed by atoms with Crippen LogP contribution in [0.4, 0.5) is 0 Å². The third kappa shape index (κ3) is 3.33. The lowest BCUT2D eigenvalue weighted by Crippen LogP contribution is -2.23. The molecule has 0 radical (unpaired) electrons. The van der Waals surface area contributed by atoms with E-state index in [4.69, 9.17) is 0 Å². The molecule has 0 atom stereocenters. The van der Waals surface area contributed by atoms with Crippen LogP contribution >= 0.6 is 7.92 Å². The summed E-state index contributed by atoms with van der Waals surface area (Å²) in [5, 5.41) is 3.08. The fourth-order valence-corrected chi connectivity index (χ4v) is 6.43. The molecule has 0 heterocycles. The van der Waals surface area contributed by atoms with Gasteiger partial charge in [0, 0.05) is 0 Å². The minimum atomic E-state index is -0.377. The fourth-order valence-electron chi connectivity index (χ4n) is 3.62. The Labute approximate surface area is 137 Å². The third-order valence-electron chi connectivity index (χ3n) is 4.12. The zero-order valence-electron chi connectivity index (χ0n) is 14.7. The van der Waals surface area contributed by atoms with Crippen LogP contribution in [0, 0.1) is 41.5 Å². The summed E-state index contributed by atoms with van der Waals surface area (Å²) in [4.78, 5) is 0. The smallest absolute Gasteiger partial charge is 0.00665 e. The molecule has 0 saturated heterocycles. The molecule has 1 heteroatoms. The van der Waals surface area contributed by atoms with Gasteiger partial charge in [-0.05, 0) is 88.5 Å². The summed E-state index contributed by atoms with van der Waals surface area (Å²) in [5.74, 6) is 0. The van der Waals surface area contributed by atoms with E-state index >= 15 is 0 Å². The fraction of sp³-hybridized carbons (Fsp3) is 0.333. The molecule has 0 aliphatic carbocycles. The van der Waals surface area contributed by atoms with Crippen LogP contribution in [0.3, 0.4) is 0 Å². The van der Waals surface area contributed by atoms with Gasteiger partial charge < -0.3 is 0 Å². The predicted molar refractivity (Wildman–Crippen MR) is 103 cm³/mol. The van der Waals surface area contributed by atoms with Crippen LogP contribution in [0.15, 0.2) is 36.9 Å². The maximum atomic E-state index is 4.02. The first-order valence-corrected chi connectivity index (χ1v) is 9.42. The van der Waals surface area contributed by atoms with Crippen LogP contribution in [0.25, 0.3) is 0 Å². The van der Waals surface area contributed by atoms with Crippen molar-refractivity contribution in [1.82, 2.24) is 0 Å². The molecule has 0 bridgehead atoms. The molecule has 0 unspecified atom stereocenters. The number of hydrogen-bond acceptors (Lipinski definition) is 0. The second-order valence-corrected chi connectivity index (χ2v) is 8.51. The molecule has 0 fully saturated rings. The molecule has 0 saturated carbocycles. The summed E-state index contributed by atoms with van der Waals surface area (Å²) in [6.45, 7) is 17.4. The maximum Gasteiger partial charge on any atom is -0.00665 e. The molecule has 22 heavy (non-hydrogen) atoms. The highest BCUT2D eigenvalue weighted by molar-refractivity contribution is 7.73. The van der Waals surface area contributed by atoms with E-state index in [9.17, 15) is 0 Å². The second kappa shape index (κ2) is 6.80. The van der Waals surface area contributed by atoms with Gasteiger partial charge in [-0.3, -0.25) is 0 Å². The van der Waals surface area contributed by atoms with Crippen LogP contribution in [-0.4, -0.2) is 6.16 Å². The molecular formula is C21H27P. The summed E-state index contributed by atoms with van der Waals surface area (Å²) in [6.07, 6.45) is 3.13. The summed E-state index contributed by atoms with van der Waals surface area (Å²) in [5.41, 5.74) is 8.39. The van der Waals surface area contributed by atoms with Gasteiger partial charge in [0.2, 0.25) is 0 Å². The number of benzene rings is 2. The normalized spacial score (nSPS) is 11.0. The minimum absolute atomic E-state index is 0.377. The van der Waals surface area contributed by atoms with E-state index < -0.39 is 0 Å². The lowest BCUT2D eigenvalue weighted by Gasteiger charge is -2.26. The number of allylic oxidation sites excluding steroid dienone is 1. The van der Waals surface area contributed by atoms with Gasteiger partial charge >= 0.3 is 0 Å². The highest BCUT2D eigenvalue weighted by Gasteiger charge is 2.20. The van der Waals surface area contributed by atoms with Crippen molar-refractivity contribution in [2.75, 3.05) is 6.16 Å². The van der Waals surface area contributed by atoms with E-state index in [2.05, 4.69) is 78.5 Å². The van der Waals surface area contributed by atoms with Gasteiger partial charge in [0.15, 0.2) is 0 Å². The molecule has 116 valence electrons. The van der Waals surface area contributed by atoms with Crippen molar-refractivity contribution in [3.63, 3.8) is 0 Å². The molecular weight excluding hydrogens is 283 g/mol. The van der Waals surface area contributed by atoms with Gasteiger partial charge in [-0.15, -0.1) is 6.58 Å². The molecule has 2 rings (SSSR count). The van der Waals surface area contributed by atoms with E-state index in [1.807, 2.05) is 0 Å². The maximum absolute atomic E-state index is 4.02.